The smallest absolute Gasteiger partial charge is 0.231 e. The van der Waals surface area contributed by atoms with Gasteiger partial charge < -0.3 is 16.4 Å². The fourth-order valence-corrected chi connectivity index (χ4v) is 1.46. The Labute approximate surface area is 88.1 Å². The van der Waals surface area contributed by atoms with Gasteiger partial charge in [0.05, 0.1) is 0 Å². The average Bonchev–Trinajstić information content (AvgIpc) is 2.53. The summed E-state index contributed by atoms with van der Waals surface area (Å²) in [4.78, 5) is 13.8. The zero-order chi connectivity index (χ0) is 9.26. The molecule has 0 radical (unpaired) electrons. The van der Waals surface area contributed by atoms with Crippen LogP contribution in [0, 0.1) is 0 Å². The molecule has 0 unspecified atom stereocenters. The van der Waals surface area contributed by atoms with Gasteiger partial charge in [-0.3, -0.25) is 0 Å². The number of nitrogens with zero attached hydrogens (tertiary/aromatic N) is 4. The third-order valence-corrected chi connectivity index (χ3v) is 2.05. The summed E-state index contributed by atoms with van der Waals surface area (Å²) in [5, 5.41) is 0. The number of rotatable bonds is 1. The van der Waals surface area contributed by atoms with Crippen LogP contribution in [0.25, 0.3) is 0 Å². The molecular formula is C7H13ClN6. The second kappa shape index (κ2) is 4.28. The summed E-state index contributed by atoms with van der Waals surface area (Å²) in [5.74, 6) is 0.978. The molecule has 6 nitrogen and oxygen atoms in total. The average molecular weight is 217 g/mol. The van der Waals surface area contributed by atoms with E-state index in [4.69, 9.17) is 11.5 Å². The highest BCUT2D eigenvalue weighted by atomic mass is 35.5. The number of hydrogen-bond acceptors (Lipinski definition) is 6. The Hall–Kier alpha value is -1.30. The summed E-state index contributed by atoms with van der Waals surface area (Å²) in [5.41, 5.74) is 10.9. The van der Waals surface area contributed by atoms with Crippen LogP contribution in [0.3, 0.4) is 0 Å². The zero-order valence-corrected chi connectivity index (χ0v) is 8.50. The number of halogens is 1. The standard InChI is InChI=1S/C7H12N6.ClH/c8-5-10-6(9)12-7(11-5)13-3-1-2-4-13;/h1-4H2,(H4,8,9,10,11,12);1H. The van der Waals surface area contributed by atoms with Gasteiger partial charge >= 0.3 is 0 Å². The molecule has 1 aliphatic heterocycles. The van der Waals surface area contributed by atoms with Crippen molar-refractivity contribution in [2.75, 3.05) is 29.5 Å². The molecule has 7 heteroatoms. The highest BCUT2D eigenvalue weighted by Gasteiger charge is 2.15. The van der Waals surface area contributed by atoms with Gasteiger partial charge in [0.25, 0.3) is 0 Å². The van der Waals surface area contributed by atoms with Crippen molar-refractivity contribution in [3.63, 3.8) is 0 Å². The van der Waals surface area contributed by atoms with E-state index >= 15 is 0 Å². The number of aromatic nitrogens is 3. The van der Waals surface area contributed by atoms with Gasteiger partial charge in [-0.05, 0) is 12.8 Å². The van der Waals surface area contributed by atoms with E-state index in [2.05, 4.69) is 19.9 Å². The monoisotopic (exact) mass is 216 g/mol. The minimum Gasteiger partial charge on any atom is -0.368 e. The van der Waals surface area contributed by atoms with Crippen molar-refractivity contribution >= 4 is 30.3 Å². The van der Waals surface area contributed by atoms with Gasteiger partial charge in [-0.1, -0.05) is 0 Å². The summed E-state index contributed by atoms with van der Waals surface area (Å²) < 4.78 is 0. The van der Waals surface area contributed by atoms with Crippen LogP contribution in [0.2, 0.25) is 0 Å². The van der Waals surface area contributed by atoms with E-state index in [1.165, 1.54) is 12.8 Å². The maximum Gasteiger partial charge on any atom is 0.231 e. The molecular weight excluding hydrogens is 204 g/mol. The minimum absolute atomic E-state index is 0. The second-order valence-corrected chi connectivity index (χ2v) is 3.05. The molecule has 0 bridgehead atoms. The van der Waals surface area contributed by atoms with Gasteiger partial charge in [0, 0.05) is 13.1 Å². The number of anilines is 3. The lowest BCUT2D eigenvalue weighted by atomic mass is 10.4. The molecule has 1 aromatic rings. The van der Waals surface area contributed by atoms with Gasteiger partial charge in [0.15, 0.2) is 0 Å². The van der Waals surface area contributed by atoms with Crippen molar-refractivity contribution in [3.05, 3.63) is 0 Å². The van der Waals surface area contributed by atoms with Crippen LogP contribution in [0.1, 0.15) is 12.8 Å². The third kappa shape index (κ3) is 2.14. The first-order chi connectivity index (χ1) is 6.25. The Morgan fingerprint density at radius 2 is 1.43 bits per heavy atom. The SMILES string of the molecule is Cl.Nc1nc(N)nc(N2CCCC2)n1. The quantitative estimate of drug-likeness (QED) is 0.690. The van der Waals surface area contributed by atoms with Crippen molar-refractivity contribution < 1.29 is 0 Å². The van der Waals surface area contributed by atoms with Crippen LogP contribution in [0.4, 0.5) is 17.8 Å². The molecule has 1 fully saturated rings. The van der Waals surface area contributed by atoms with E-state index in [1.54, 1.807) is 0 Å². The molecule has 0 amide bonds. The Morgan fingerprint density at radius 3 is 1.93 bits per heavy atom. The highest BCUT2D eigenvalue weighted by Crippen LogP contribution is 2.16. The van der Waals surface area contributed by atoms with E-state index in [0.29, 0.717) is 5.95 Å². The Morgan fingerprint density at radius 1 is 0.929 bits per heavy atom. The lowest BCUT2D eigenvalue weighted by Gasteiger charge is -2.14. The van der Waals surface area contributed by atoms with Crippen molar-refractivity contribution in [2.24, 2.45) is 0 Å². The Balaban J connectivity index is 0.000000980. The molecule has 2 heterocycles. The first-order valence-electron chi connectivity index (χ1n) is 4.28. The molecule has 2 rings (SSSR count). The first-order valence-corrected chi connectivity index (χ1v) is 4.28. The number of hydrogen-bond donors (Lipinski definition) is 2. The van der Waals surface area contributed by atoms with Crippen molar-refractivity contribution in [3.8, 4) is 0 Å². The summed E-state index contributed by atoms with van der Waals surface area (Å²) in [7, 11) is 0. The molecule has 14 heavy (non-hydrogen) atoms. The van der Waals surface area contributed by atoms with Gasteiger partial charge in [0.1, 0.15) is 0 Å². The summed E-state index contributed by atoms with van der Waals surface area (Å²) in [6, 6.07) is 0. The van der Waals surface area contributed by atoms with Crippen molar-refractivity contribution in [2.45, 2.75) is 12.8 Å². The van der Waals surface area contributed by atoms with Crippen LogP contribution >= 0.6 is 12.4 Å². The van der Waals surface area contributed by atoms with E-state index in [0.717, 1.165) is 13.1 Å². The minimum atomic E-state index is 0. The second-order valence-electron chi connectivity index (χ2n) is 3.05. The predicted octanol–water partition coefficient (Wildman–Crippen LogP) is 0.0580. The Kier molecular flexibility index (Phi) is 3.29. The predicted molar refractivity (Wildman–Crippen MR) is 57.3 cm³/mol. The van der Waals surface area contributed by atoms with Gasteiger partial charge in [0.2, 0.25) is 17.8 Å². The molecule has 0 aliphatic carbocycles. The van der Waals surface area contributed by atoms with Crippen LogP contribution in [0.5, 0.6) is 0 Å². The highest BCUT2D eigenvalue weighted by molar-refractivity contribution is 5.85. The molecule has 1 aromatic heterocycles. The molecule has 78 valence electrons. The maximum atomic E-state index is 5.46. The largest absolute Gasteiger partial charge is 0.368 e. The lowest BCUT2D eigenvalue weighted by Crippen LogP contribution is -2.21. The molecule has 0 spiro atoms. The molecule has 4 N–H and O–H groups in total. The van der Waals surface area contributed by atoms with Crippen LogP contribution in [0.15, 0.2) is 0 Å². The van der Waals surface area contributed by atoms with Gasteiger partial charge in [-0.25, -0.2) is 0 Å². The van der Waals surface area contributed by atoms with E-state index < -0.39 is 0 Å². The number of nitrogens with two attached hydrogens (primary N) is 2. The zero-order valence-electron chi connectivity index (χ0n) is 7.68. The van der Waals surface area contributed by atoms with E-state index in [9.17, 15) is 0 Å². The van der Waals surface area contributed by atoms with Crippen LogP contribution < -0.4 is 16.4 Å². The fourth-order valence-electron chi connectivity index (χ4n) is 1.46. The summed E-state index contributed by atoms with van der Waals surface area (Å²) in [6.07, 6.45) is 2.34. The van der Waals surface area contributed by atoms with Gasteiger partial charge in [-0.2, -0.15) is 15.0 Å². The Bertz CT molecular complexity index is 291. The number of nitrogen functional groups attached to an aromatic ring is 2. The summed E-state index contributed by atoms with van der Waals surface area (Å²) >= 11 is 0. The first kappa shape index (κ1) is 10.8. The molecule has 1 aliphatic rings. The van der Waals surface area contributed by atoms with Crippen molar-refractivity contribution in [1.29, 1.82) is 0 Å². The molecule has 1 saturated heterocycles. The fraction of sp³-hybridized carbons (Fsp3) is 0.571. The van der Waals surface area contributed by atoms with Crippen molar-refractivity contribution in [1.82, 2.24) is 15.0 Å². The van der Waals surface area contributed by atoms with Crippen LogP contribution in [-0.4, -0.2) is 28.0 Å². The van der Waals surface area contributed by atoms with E-state index in [1.807, 2.05) is 0 Å². The van der Waals surface area contributed by atoms with Crippen LogP contribution in [-0.2, 0) is 0 Å². The maximum absolute atomic E-state index is 5.46. The summed E-state index contributed by atoms with van der Waals surface area (Å²) in [6.45, 7) is 1.95. The normalized spacial score (nSPS) is 15.3. The third-order valence-electron chi connectivity index (χ3n) is 2.05. The molecule has 0 aromatic carbocycles. The molecule has 0 atom stereocenters. The lowest BCUT2D eigenvalue weighted by molar-refractivity contribution is 0.889. The topological polar surface area (TPSA) is 93.9 Å². The molecule has 0 saturated carbocycles. The van der Waals surface area contributed by atoms with E-state index in [-0.39, 0.29) is 24.3 Å². The van der Waals surface area contributed by atoms with Gasteiger partial charge in [-0.15, -0.1) is 12.4 Å².